The van der Waals surface area contributed by atoms with Crippen LogP contribution in [0, 0.1) is 5.82 Å². The van der Waals surface area contributed by atoms with E-state index in [-0.39, 0.29) is 11.7 Å². The topological polar surface area (TPSA) is 67.5 Å². The third kappa shape index (κ3) is 3.61. The standard InChI is InChI=1S/C21H20FN3O3/c1-27-17-8-4-14(5-9-17)18-19(21(26)25-10-12-28-13-11-25)24-20(23-18)15-2-6-16(22)7-3-15/h2-9H,10-13H2,1H3,(H,23,24). The van der Waals surface area contributed by atoms with Crippen molar-refractivity contribution in [3.63, 3.8) is 0 Å². The molecule has 0 saturated carbocycles. The van der Waals surface area contributed by atoms with Crippen molar-refractivity contribution in [3.8, 4) is 28.4 Å². The normalized spacial score (nSPS) is 14.1. The molecule has 0 aliphatic carbocycles. The Labute approximate surface area is 161 Å². The lowest BCUT2D eigenvalue weighted by Crippen LogP contribution is -2.41. The molecule has 3 aromatic rings. The number of H-pyrrole nitrogens is 1. The highest BCUT2D eigenvalue weighted by Crippen LogP contribution is 2.28. The fraction of sp³-hybridized carbons (Fsp3) is 0.238. The van der Waals surface area contributed by atoms with Crippen molar-refractivity contribution in [2.45, 2.75) is 0 Å². The molecule has 28 heavy (non-hydrogen) atoms. The van der Waals surface area contributed by atoms with Crippen molar-refractivity contribution >= 4 is 5.91 Å². The molecule has 4 rings (SSSR count). The Morgan fingerprint density at radius 1 is 1.07 bits per heavy atom. The minimum Gasteiger partial charge on any atom is -0.497 e. The summed E-state index contributed by atoms with van der Waals surface area (Å²) in [4.78, 5) is 22.7. The first-order valence-corrected chi connectivity index (χ1v) is 9.03. The number of carbonyl (C=O) groups excluding carboxylic acids is 1. The zero-order chi connectivity index (χ0) is 19.5. The fourth-order valence-corrected chi connectivity index (χ4v) is 3.15. The van der Waals surface area contributed by atoms with E-state index in [2.05, 4.69) is 9.97 Å². The SMILES string of the molecule is COc1ccc(-c2nc(-c3ccc(F)cc3)[nH]c2C(=O)N2CCOCC2)cc1. The number of nitrogens with zero attached hydrogens (tertiary/aromatic N) is 2. The molecule has 6 nitrogen and oxygen atoms in total. The molecule has 0 unspecified atom stereocenters. The van der Waals surface area contributed by atoms with Crippen molar-refractivity contribution in [2.75, 3.05) is 33.4 Å². The molecular weight excluding hydrogens is 361 g/mol. The van der Waals surface area contributed by atoms with E-state index in [1.807, 2.05) is 24.3 Å². The van der Waals surface area contributed by atoms with E-state index in [9.17, 15) is 9.18 Å². The van der Waals surface area contributed by atoms with Gasteiger partial charge in [0.15, 0.2) is 0 Å². The van der Waals surface area contributed by atoms with Crippen LogP contribution in [0.5, 0.6) is 5.75 Å². The first-order valence-electron chi connectivity index (χ1n) is 9.03. The number of ether oxygens (including phenoxy) is 2. The van der Waals surface area contributed by atoms with Gasteiger partial charge in [-0.25, -0.2) is 9.37 Å². The summed E-state index contributed by atoms with van der Waals surface area (Å²) in [6.07, 6.45) is 0. The minimum absolute atomic E-state index is 0.130. The minimum atomic E-state index is -0.324. The predicted molar refractivity (Wildman–Crippen MR) is 103 cm³/mol. The molecule has 0 atom stereocenters. The molecule has 0 spiro atoms. The van der Waals surface area contributed by atoms with Gasteiger partial charge in [-0.3, -0.25) is 4.79 Å². The smallest absolute Gasteiger partial charge is 0.272 e. The average molecular weight is 381 g/mol. The van der Waals surface area contributed by atoms with Gasteiger partial charge in [0.25, 0.3) is 5.91 Å². The summed E-state index contributed by atoms with van der Waals surface area (Å²) >= 11 is 0. The number of halogens is 1. The molecule has 1 aromatic heterocycles. The molecule has 1 saturated heterocycles. The Bertz CT molecular complexity index is 962. The Morgan fingerprint density at radius 2 is 1.71 bits per heavy atom. The molecule has 1 aliphatic rings. The van der Waals surface area contributed by atoms with E-state index < -0.39 is 0 Å². The maximum absolute atomic E-state index is 13.3. The summed E-state index contributed by atoms with van der Waals surface area (Å²) in [5.41, 5.74) is 2.46. The molecule has 1 fully saturated rings. The van der Waals surface area contributed by atoms with Gasteiger partial charge in [0, 0.05) is 24.2 Å². The zero-order valence-electron chi connectivity index (χ0n) is 15.4. The largest absolute Gasteiger partial charge is 0.497 e. The van der Waals surface area contributed by atoms with Crippen LogP contribution in [0.4, 0.5) is 4.39 Å². The van der Waals surface area contributed by atoms with Crippen LogP contribution in [-0.4, -0.2) is 54.2 Å². The first kappa shape index (κ1) is 18.2. The molecule has 2 aromatic carbocycles. The fourth-order valence-electron chi connectivity index (χ4n) is 3.15. The van der Waals surface area contributed by atoms with Crippen LogP contribution in [0.25, 0.3) is 22.6 Å². The van der Waals surface area contributed by atoms with Gasteiger partial charge in [0.2, 0.25) is 0 Å². The quantitative estimate of drug-likeness (QED) is 0.753. The van der Waals surface area contributed by atoms with Gasteiger partial charge >= 0.3 is 0 Å². The van der Waals surface area contributed by atoms with Gasteiger partial charge in [0.05, 0.1) is 20.3 Å². The van der Waals surface area contributed by atoms with Crippen molar-refractivity contribution < 1.29 is 18.7 Å². The molecular formula is C21H20FN3O3. The Kier molecular flexibility index (Phi) is 5.08. The molecule has 7 heteroatoms. The molecule has 2 heterocycles. The van der Waals surface area contributed by atoms with Crippen molar-refractivity contribution in [1.29, 1.82) is 0 Å². The van der Waals surface area contributed by atoms with E-state index in [1.54, 1.807) is 24.1 Å². The Morgan fingerprint density at radius 3 is 2.36 bits per heavy atom. The van der Waals surface area contributed by atoms with E-state index in [4.69, 9.17) is 9.47 Å². The number of benzene rings is 2. The van der Waals surface area contributed by atoms with Gasteiger partial charge < -0.3 is 19.4 Å². The van der Waals surface area contributed by atoms with Gasteiger partial charge in [-0.2, -0.15) is 0 Å². The highest BCUT2D eigenvalue weighted by Gasteiger charge is 2.25. The number of nitrogens with one attached hydrogen (secondary N) is 1. The second-order valence-corrected chi connectivity index (χ2v) is 6.45. The summed E-state index contributed by atoms with van der Waals surface area (Å²) in [6, 6.07) is 13.4. The lowest BCUT2D eigenvalue weighted by Gasteiger charge is -2.26. The third-order valence-electron chi connectivity index (χ3n) is 4.70. The van der Waals surface area contributed by atoms with Gasteiger partial charge in [-0.1, -0.05) is 0 Å². The lowest BCUT2D eigenvalue weighted by molar-refractivity contribution is 0.0300. The predicted octanol–water partition coefficient (Wildman–Crippen LogP) is 3.36. The van der Waals surface area contributed by atoms with Gasteiger partial charge in [-0.15, -0.1) is 0 Å². The second kappa shape index (κ2) is 7.82. The summed E-state index contributed by atoms with van der Waals surface area (Å²) in [7, 11) is 1.60. The zero-order valence-corrected chi connectivity index (χ0v) is 15.4. The van der Waals surface area contributed by atoms with Crippen LogP contribution in [0.1, 0.15) is 10.5 Å². The van der Waals surface area contributed by atoms with Gasteiger partial charge in [-0.05, 0) is 48.5 Å². The molecule has 0 radical (unpaired) electrons. The van der Waals surface area contributed by atoms with Crippen LogP contribution >= 0.6 is 0 Å². The third-order valence-corrected chi connectivity index (χ3v) is 4.70. The summed E-state index contributed by atoms with van der Waals surface area (Å²) in [6.45, 7) is 2.10. The number of aromatic amines is 1. The number of hydrogen-bond acceptors (Lipinski definition) is 4. The van der Waals surface area contributed by atoms with Crippen LogP contribution in [0.2, 0.25) is 0 Å². The molecule has 1 amide bonds. The number of rotatable bonds is 4. The molecule has 1 aliphatic heterocycles. The van der Waals surface area contributed by atoms with E-state index >= 15 is 0 Å². The summed E-state index contributed by atoms with van der Waals surface area (Å²) in [5, 5.41) is 0. The highest BCUT2D eigenvalue weighted by atomic mass is 19.1. The van der Waals surface area contributed by atoms with Gasteiger partial charge in [0.1, 0.15) is 28.8 Å². The number of aromatic nitrogens is 2. The van der Waals surface area contributed by atoms with Crippen LogP contribution in [0.3, 0.4) is 0 Å². The van der Waals surface area contributed by atoms with Crippen LogP contribution in [-0.2, 0) is 4.74 Å². The number of morpholine rings is 1. The second-order valence-electron chi connectivity index (χ2n) is 6.45. The van der Waals surface area contributed by atoms with E-state index in [0.29, 0.717) is 49.1 Å². The monoisotopic (exact) mass is 381 g/mol. The van der Waals surface area contributed by atoms with E-state index in [0.717, 1.165) is 11.3 Å². The number of carbonyl (C=O) groups is 1. The Balaban J connectivity index is 1.77. The molecule has 144 valence electrons. The first-order chi connectivity index (χ1) is 13.7. The number of methoxy groups -OCH3 is 1. The maximum atomic E-state index is 13.3. The van der Waals surface area contributed by atoms with Crippen molar-refractivity contribution in [3.05, 3.63) is 60.0 Å². The maximum Gasteiger partial charge on any atom is 0.272 e. The summed E-state index contributed by atoms with van der Waals surface area (Å²) in [5.74, 6) is 0.784. The van der Waals surface area contributed by atoms with E-state index in [1.165, 1.54) is 12.1 Å². The molecule has 0 bridgehead atoms. The Hall–Kier alpha value is -3.19. The molecule has 1 N–H and O–H groups in total. The number of imidazole rings is 1. The average Bonchev–Trinajstić information content (AvgIpc) is 3.20. The number of amides is 1. The van der Waals surface area contributed by atoms with Crippen LogP contribution in [0.15, 0.2) is 48.5 Å². The summed E-state index contributed by atoms with van der Waals surface area (Å²) < 4.78 is 23.8. The van der Waals surface area contributed by atoms with Crippen molar-refractivity contribution in [2.24, 2.45) is 0 Å². The lowest BCUT2D eigenvalue weighted by atomic mass is 10.1. The number of hydrogen-bond donors (Lipinski definition) is 1. The van der Waals surface area contributed by atoms with Crippen LogP contribution < -0.4 is 4.74 Å². The highest BCUT2D eigenvalue weighted by molar-refractivity contribution is 5.99. The van der Waals surface area contributed by atoms with Crippen molar-refractivity contribution in [1.82, 2.24) is 14.9 Å².